The van der Waals surface area contributed by atoms with Crippen molar-refractivity contribution in [3.8, 4) is 45.9 Å². The molecular formula is C57H89N5O6. The van der Waals surface area contributed by atoms with E-state index < -0.39 is 0 Å². The summed E-state index contributed by atoms with van der Waals surface area (Å²) in [5.74, 6) is 5.16. The van der Waals surface area contributed by atoms with Crippen LogP contribution in [0.4, 0.5) is 23.3 Å². The molecule has 1 aromatic heterocycles. The van der Waals surface area contributed by atoms with Crippen molar-refractivity contribution in [2.45, 2.75) is 196 Å². The van der Waals surface area contributed by atoms with E-state index in [9.17, 15) is 0 Å². The zero-order valence-corrected chi connectivity index (χ0v) is 43.2. The van der Waals surface area contributed by atoms with Gasteiger partial charge >= 0.3 is 0 Å². The molecule has 2 N–H and O–H groups in total. The van der Waals surface area contributed by atoms with Crippen molar-refractivity contribution in [2.24, 2.45) is 0 Å². The number of nitrogens with zero attached hydrogens (tertiary/aromatic N) is 3. The SMILES string of the molecule is CCCCCCOc1cc(Nc2nc(Nc3cc(OCCCCCC)c(OCCCCCC)c(OCCCCCC)c3)nc(-c3ccccc3)n2)cc(OCCCCCC)c1OCCCCCC. The number of unbranched alkanes of at least 4 members (excludes halogenated alkanes) is 18. The summed E-state index contributed by atoms with van der Waals surface area (Å²) in [6.07, 6.45) is 26.5. The van der Waals surface area contributed by atoms with Crippen LogP contribution in [0.15, 0.2) is 54.6 Å². The molecule has 0 fully saturated rings. The summed E-state index contributed by atoms with van der Waals surface area (Å²) in [5, 5.41) is 7.05. The fourth-order valence-electron chi connectivity index (χ4n) is 7.72. The number of hydrogen-bond acceptors (Lipinski definition) is 11. The van der Waals surface area contributed by atoms with Crippen molar-refractivity contribution in [3.63, 3.8) is 0 Å². The smallest absolute Gasteiger partial charge is 0.232 e. The molecule has 3 aromatic carbocycles. The predicted molar refractivity (Wildman–Crippen MR) is 283 cm³/mol. The van der Waals surface area contributed by atoms with Gasteiger partial charge in [0.15, 0.2) is 28.8 Å². The van der Waals surface area contributed by atoms with Gasteiger partial charge in [-0.2, -0.15) is 15.0 Å². The van der Waals surface area contributed by atoms with Crippen LogP contribution in [0.1, 0.15) is 196 Å². The Morgan fingerprint density at radius 1 is 0.338 bits per heavy atom. The maximum absolute atomic E-state index is 6.55. The molecule has 4 rings (SSSR count). The van der Waals surface area contributed by atoms with Gasteiger partial charge in [-0.25, -0.2) is 0 Å². The lowest BCUT2D eigenvalue weighted by Crippen LogP contribution is -2.09. The maximum Gasteiger partial charge on any atom is 0.232 e. The molecular weight excluding hydrogens is 851 g/mol. The van der Waals surface area contributed by atoms with Crippen molar-refractivity contribution in [2.75, 3.05) is 50.3 Å². The van der Waals surface area contributed by atoms with E-state index in [1.165, 1.54) is 51.4 Å². The summed E-state index contributed by atoms with van der Waals surface area (Å²) >= 11 is 0. The molecule has 0 spiro atoms. The Labute approximate surface area is 411 Å². The highest BCUT2D eigenvalue weighted by Crippen LogP contribution is 2.43. The van der Waals surface area contributed by atoms with E-state index >= 15 is 0 Å². The number of hydrogen-bond donors (Lipinski definition) is 2. The first kappa shape index (κ1) is 55.7. The zero-order chi connectivity index (χ0) is 48.3. The monoisotopic (exact) mass is 940 g/mol. The van der Waals surface area contributed by atoms with Gasteiger partial charge in [-0.1, -0.05) is 187 Å². The van der Waals surface area contributed by atoms with Gasteiger partial charge in [0.2, 0.25) is 23.4 Å². The first-order valence-corrected chi connectivity index (χ1v) is 27.0. The Bertz CT molecular complexity index is 1730. The minimum atomic E-state index is 0.365. The summed E-state index contributed by atoms with van der Waals surface area (Å²) < 4.78 is 39.2. The lowest BCUT2D eigenvalue weighted by Gasteiger charge is -2.20. The van der Waals surface area contributed by atoms with Gasteiger partial charge in [0.05, 0.1) is 39.6 Å². The number of ether oxygens (including phenoxy) is 6. The van der Waals surface area contributed by atoms with E-state index in [-0.39, 0.29) is 0 Å². The molecule has 0 saturated heterocycles. The molecule has 0 saturated carbocycles. The highest BCUT2D eigenvalue weighted by molar-refractivity contribution is 5.70. The fraction of sp³-hybridized carbons (Fsp3) is 0.632. The van der Waals surface area contributed by atoms with Crippen LogP contribution in [0.5, 0.6) is 34.5 Å². The van der Waals surface area contributed by atoms with Crippen molar-refractivity contribution < 1.29 is 28.4 Å². The average Bonchev–Trinajstić information content (AvgIpc) is 3.35. The second-order valence-corrected chi connectivity index (χ2v) is 18.0. The molecule has 0 aliphatic carbocycles. The fourth-order valence-corrected chi connectivity index (χ4v) is 7.72. The topological polar surface area (TPSA) is 118 Å². The average molecular weight is 940 g/mol. The summed E-state index contributed by atoms with van der Waals surface area (Å²) in [7, 11) is 0. The van der Waals surface area contributed by atoms with Gasteiger partial charge < -0.3 is 39.1 Å². The van der Waals surface area contributed by atoms with Gasteiger partial charge in [0.1, 0.15) is 0 Å². The third-order valence-electron chi connectivity index (χ3n) is 11.7. The van der Waals surface area contributed by atoms with Gasteiger partial charge in [0, 0.05) is 41.2 Å². The standard InChI is InChI=1S/C57H89N5O6/c1-7-13-19-28-36-63-49-42-47(43-50(64-37-29-20-14-8-2)53(49)67-40-32-23-17-11-5)58-56-60-55(46-34-26-25-27-35-46)61-57(62-56)59-48-44-51(65-38-30-21-15-9-3)54(68-41-33-24-18-12-6)52(45-48)66-39-31-22-16-10-4/h25-27,34-35,42-45H,7-24,28-33,36-41H2,1-6H3,(H2,58,59,60,61,62). The van der Waals surface area contributed by atoms with Crippen LogP contribution in [0.25, 0.3) is 11.4 Å². The Morgan fingerprint density at radius 2 is 0.632 bits per heavy atom. The first-order chi connectivity index (χ1) is 33.5. The molecule has 11 nitrogen and oxygen atoms in total. The van der Waals surface area contributed by atoms with E-state index in [1.54, 1.807) is 0 Å². The molecule has 1 heterocycles. The Balaban J connectivity index is 1.76. The Morgan fingerprint density at radius 3 is 0.926 bits per heavy atom. The van der Waals surface area contributed by atoms with E-state index in [0.29, 0.717) is 91.9 Å². The number of nitrogens with one attached hydrogen (secondary N) is 2. The van der Waals surface area contributed by atoms with Crippen LogP contribution >= 0.6 is 0 Å². The van der Waals surface area contributed by atoms with Crippen molar-refractivity contribution in [3.05, 3.63) is 54.6 Å². The van der Waals surface area contributed by atoms with Gasteiger partial charge in [-0.3, -0.25) is 0 Å². The highest BCUT2D eigenvalue weighted by atomic mass is 16.5. The van der Waals surface area contributed by atoms with Crippen LogP contribution < -0.4 is 39.1 Å². The Hall–Kier alpha value is -4.93. The third kappa shape index (κ3) is 21.6. The number of rotatable bonds is 41. The van der Waals surface area contributed by atoms with Crippen LogP contribution in [-0.2, 0) is 0 Å². The second kappa shape index (κ2) is 35.2. The molecule has 0 atom stereocenters. The minimum absolute atomic E-state index is 0.365. The second-order valence-electron chi connectivity index (χ2n) is 18.0. The predicted octanol–water partition coefficient (Wildman–Crippen LogP) is 16.8. The molecule has 4 aromatic rings. The molecule has 0 amide bonds. The molecule has 68 heavy (non-hydrogen) atoms. The number of benzene rings is 3. The van der Waals surface area contributed by atoms with E-state index in [2.05, 4.69) is 52.2 Å². The van der Waals surface area contributed by atoms with Crippen LogP contribution in [0.3, 0.4) is 0 Å². The van der Waals surface area contributed by atoms with Gasteiger partial charge in [-0.15, -0.1) is 0 Å². The normalized spacial score (nSPS) is 11.1. The number of aromatic nitrogens is 3. The molecule has 11 heteroatoms. The van der Waals surface area contributed by atoms with Gasteiger partial charge in [0.25, 0.3) is 0 Å². The molecule has 0 unspecified atom stereocenters. The molecule has 0 bridgehead atoms. The zero-order valence-electron chi connectivity index (χ0n) is 43.2. The lowest BCUT2D eigenvalue weighted by atomic mass is 10.2. The van der Waals surface area contributed by atoms with Crippen LogP contribution in [-0.4, -0.2) is 54.6 Å². The molecule has 0 radical (unpaired) electrons. The summed E-state index contributed by atoms with van der Waals surface area (Å²) in [5.41, 5.74) is 2.31. The summed E-state index contributed by atoms with van der Waals surface area (Å²) in [6, 6.07) is 17.9. The maximum atomic E-state index is 6.55. The summed E-state index contributed by atoms with van der Waals surface area (Å²) in [6.45, 7) is 16.9. The quantitative estimate of drug-likeness (QED) is 0.0414. The van der Waals surface area contributed by atoms with E-state index in [4.69, 9.17) is 43.4 Å². The largest absolute Gasteiger partial charge is 0.489 e. The lowest BCUT2D eigenvalue weighted by molar-refractivity contribution is 0.235. The first-order valence-electron chi connectivity index (χ1n) is 27.0. The minimum Gasteiger partial charge on any atom is -0.489 e. The summed E-state index contributed by atoms with van der Waals surface area (Å²) in [4.78, 5) is 14.9. The van der Waals surface area contributed by atoms with Crippen LogP contribution in [0, 0.1) is 0 Å². The molecule has 0 aliphatic rings. The highest BCUT2D eigenvalue weighted by Gasteiger charge is 2.20. The van der Waals surface area contributed by atoms with Crippen LogP contribution in [0.2, 0.25) is 0 Å². The molecule has 0 aliphatic heterocycles. The Kier molecular flexibility index (Phi) is 28.8. The van der Waals surface area contributed by atoms with E-state index in [1.807, 2.05) is 54.6 Å². The molecule has 378 valence electrons. The van der Waals surface area contributed by atoms with E-state index in [0.717, 1.165) is 120 Å². The van der Waals surface area contributed by atoms with Crippen molar-refractivity contribution in [1.29, 1.82) is 0 Å². The third-order valence-corrected chi connectivity index (χ3v) is 11.7. The van der Waals surface area contributed by atoms with Gasteiger partial charge in [-0.05, 0) is 38.5 Å². The van der Waals surface area contributed by atoms with Crippen molar-refractivity contribution in [1.82, 2.24) is 15.0 Å². The van der Waals surface area contributed by atoms with Crippen molar-refractivity contribution >= 4 is 23.3 Å². The number of anilines is 4.